The quantitative estimate of drug-likeness (QED) is 0.844. The molecule has 0 bridgehead atoms. The van der Waals surface area contributed by atoms with Gasteiger partial charge in [-0.1, -0.05) is 0 Å². The Bertz CT molecular complexity index is 289. The van der Waals surface area contributed by atoms with Crippen molar-refractivity contribution in [2.45, 2.75) is 6.42 Å². The van der Waals surface area contributed by atoms with E-state index in [4.69, 9.17) is 11.6 Å². The molecule has 1 aromatic rings. The molecule has 1 aromatic heterocycles. The third-order valence-corrected chi connectivity index (χ3v) is 3.44. The van der Waals surface area contributed by atoms with Gasteiger partial charge in [-0.3, -0.25) is 4.79 Å². The van der Waals surface area contributed by atoms with Crippen molar-refractivity contribution in [1.29, 1.82) is 0 Å². The van der Waals surface area contributed by atoms with Crippen LogP contribution >= 0.6 is 38.9 Å². The van der Waals surface area contributed by atoms with Crippen molar-refractivity contribution >= 4 is 44.8 Å². The van der Waals surface area contributed by atoms with Gasteiger partial charge in [0.25, 0.3) is 0 Å². The first kappa shape index (κ1) is 11.0. The van der Waals surface area contributed by atoms with Crippen LogP contribution in [-0.4, -0.2) is 18.3 Å². The number of hydrogen-bond donors (Lipinski definition) is 1. The van der Waals surface area contributed by atoms with Crippen LogP contribution in [-0.2, 0) is 11.2 Å². The van der Waals surface area contributed by atoms with Crippen LogP contribution < -0.4 is 5.32 Å². The van der Waals surface area contributed by atoms with Crippen molar-refractivity contribution in [1.82, 2.24) is 5.32 Å². The lowest BCUT2D eigenvalue weighted by Gasteiger charge is -1.99. The van der Waals surface area contributed by atoms with E-state index in [9.17, 15) is 4.79 Å². The smallest absolute Gasteiger partial charge is 0.234 e. The van der Waals surface area contributed by atoms with Crippen LogP contribution in [0.4, 0.5) is 0 Å². The lowest BCUT2D eigenvalue weighted by molar-refractivity contribution is -0.118. The maximum absolute atomic E-state index is 10.8. The Morgan fingerprint density at radius 3 is 3.00 bits per heavy atom. The fraction of sp³-hybridized carbons (Fsp3) is 0.375. The minimum Gasteiger partial charge on any atom is -0.355 e. The number of hydrogen-bond acceptors (Lipinski definition) is 2. The second-order valence-corrected chi connectivity index (χ2v) is 4.64. The maximum atomic E-state index is 10.8. The second-order valence-electron chi connectivity index (χ2n) is 2.46. The molecule has 0 aliphatic heterocycles. The maximum Gasteiger partial charge on any atom is 0.234 e. The summed E-state index contributed by atoms with van der Waals surface area (Å²) in [6.07, 6.45) is 0.860. The molecule has 1 amide bonds. The summed E-state index contributed by atoms with van der Waals surface area (Å²) in [6.45, 7) is 0.651. The molecule has 0 fully saturated rings. The number of alkyl halides is 1. The van der Waals surface area contributed by atoms with E-state index in [1.807, 2.05) is 5.38 Å². The summed E-state index contributed by atoms with van der Waals surface area (Å²) in [5, 5.41) is 4.74. The van der Waals surface area contributed by atoms with E-state index in [0.29, 0.717) is 6.54 Å². The van der Waals surface area contributed by atoms with Crippen molar-refractivity contribution in [2.24, 2.45) is 0 Å². The number of carbonyl (C=O) groups is 1. The van der Waals surface area contributed by atoms with Gasteiger partial charge in [0, 0.05) is 21.3 Å². The van der Waals surface area contributed by atoms with Crippen molar-refractivity contribution in [2.75, 3.05) is 12.4 Å². The van der Waals surface area contributed by atoms with Crippen LogP contribution in [0.5, 0.6) is 0 Å². The van der Waals surface area contributed by atoms with Crippen LogP contribution in [0.2, 0.25) is 0 Å². The fourth-order valence-corrected chi connectivity index (χ4v) is 2.41. The highest BCUT2D eigenvalue weighted by Gasteiger charge is 1.99. The Morgan fingerprint density at radius 1 is 1.69 bits per heavy atom. The van der Waals surface area contributed by atoms with Crippen molar-refractivity contribution < 1.29 is 4.79 Å². The summed E-state index contributed by atoms with van der Waals surface area (Å²) in [7, 11) is 0. The van der Waals surface area contributed by atoms with E-state index in [0.717, 1.165) is 10.9 Å². The van der Waals surface area contributed by atoms with E-state index in [1.54, 1.807) is 11.3 Å². The molecule has 0 saturated carbocycles. The Balaban J connectivity index is 2.24. The average molecular weight is 283 g/mol. The predicted molar refractivity (Wildman–Crippen MR) is 59.5 cm³/mol. The minimum absolute atomic E-state index is 0.0358. The Hall–Kier alpha value is -0.0600. The first-order valence-corrected chi connectivity index (χ1v) is 5.98. The Kier molecular flexibility index (Phi) is 4.77. The number of thiophene rings is 1. The van der Waals surface area contributed by atoms with Gasteiger partial charge >= 0.3 is 0 Å². The highest BCUT2D eigenvalue weighted by Crippen LogP contribution is 2.19. The van der Waals surface area contributed by atoms with E-state index in [1.165, 1.54) is 4.88 Å². The summed E-state index contributed by atoms with van der Waals surface area (Å²) in [6, 6.07) is 2.05. The van der Waals surface area contributed by atoms with Gasteiger partial charge in [-0.2, -0.15) is 0 Å². The summed E-state index contributed by atoms with van der Waals surface area (Å²) in [5.41, 5.74) is 0. The Morgan fingerprint density at radius 2 is 2.46 bits per heavy atom. The molecule has 0 atom stereocenters. The first-order chi connectivity index (χ1) is 6.22. The van der Waals surface area contributed by atoms with Crippen LogP contribution in [0.3, 0.4) is 0 Å². The largest absolute Gasteiger partial charge is 0.355 e. The molecule has 13 heavy (non-hydrogen) atoms. The van der Waals surface area contributed by atoms with Gasteiger partial charge in [-0.05, 0) is 28.4 Å². The van der Waals surface area contributed by atoms with Crippen LogP contribution in [0, 0.1) is 0 Å². The topological polar surface area (TPSA) is 29.1 Å². The summed E-state index contributed by atoms with van der Waals surface area (Å²) < 4.78 is 1.09. The monoisotopic (exact) mass is 281 g/mol. The zero-order valence-corrected chi connectivity index (χ0v) is 10.0. The SMILES string of the molecule is O=C(CCl)NCCc1cc(Br)cs1. The lowest BCUT2D eigenvalue weighted by Crippen LogP contribution is -2.26. The molecule has 1 rings (SSSR count). The van der Waals surface area contributed by atoms with Crippen molar-refractivity contribution in [3.05, 3.63) is 20.8 Å². The van der Waals surface area contributed by atoms with E-state index in [2.05, 4.69) is 27.3 Å². The molecule has 1 N–H and O–H groups in total. The van der Waals surface area contributed by atoms with Gasteiger partial charge in [0.2, 0.25) is 5.91 Å². The zero-order chi connectivity index (χ0) is 9.68. The molecule has 0 saturated heterocycles. The number of carbonyl (C=O) groups excluding carboxylic acids is 1. The Labute approximate surface area is 94.4 Å². The molecule has 0 unspecified atom stereocenters. The molecule has 0 aliphatic carbocycles. The van der Waals surface area contributed by atoms with Gasteiger partial charge in [-0.15, -0.1) is 22.9 Å². The van der Waals surface area contributed by atoms with E-state index >= 15 is 0 Å². The fourth-order valence-electron chi connectivity index (χ4n) is 0.857. The van der Waals surface area contributed by atoms with E-state index in [-0.39, 0.29) is 11.8 Å². The molecule has 0 radical (unpaired) electrons. The second kappa shape index (κ2) is 5.62. The van der Waals surface area contributed by atoms with Gasteiger partial charge < -0.3 is 5.32 Å². The molecule has 5 heteroatoms. The molecule has 0 aliphatic rings. The standard InChI is InChI=1S/C8H9BrClNOS/c9-6-3-7(13-5-6)1-2-11-8(12)4-10/h3,5H,1-2,4H2,(H,11,12). The molecular weight excluding hydrogens is 274 g/mol. The first-order valence-electron chi connectivity index (χ1n) is 3.78. The average Bonchev–Trinajstić information content (AvgIpc) is 2.51. The number of nitrogens with one attached hydrogen (secondary N) is 1. The van der Waals surface area contributed by atoms with E-state index < -0.39 is 0 Å². The molecule has 1 heterocycles. The van der Waals surface area contributed by atoms with Crippen LogP contribution in [0.25, 0.3) is 0 Å². The van der Waals surface area contributed by atoms with Gasteiger partial charge in [0.1, 0.15) is 5.88 Å². The highest BCUT2D eigenvalue weighted by molar-refractivity contribution is 9.10. The van der Waals surface area contributed by atoms with Crippen LogP contribution in [0.15, 0.2) is 15.9 Å². The number of rotatable bonds is 4. The normalized spacial score (nSPS) is 10.0. The van der Waals surface area contributed by atoms with Gasteiger partial charge in [0.05, 0.1) is 0 Å². The third-order valence-electron chi connectivity index (χ3n) is 1.44. The lowest BCUT2D eigenvalue weighted by atomic mass is 10.3. The minimum atomic E-state index is -0.114. The number of halogens is 2. The third kappa shape index (κ3) is 4.11. The molecule has 2 nitrogen and oxygen atoms in total. The molecular formula is C8H9BrClNOS. The van der Waals surface area contributed by atoms with Crippen molar-refractivity contribution in [3.8, 4) is 0 Å². The molecule has 0 aromatic carbocycles. The summed E-state index contributed by atoms with van der Waals surface area (Å²) in [4.78, 5) is 12.0. The molecule has 72 valence electrons. The summed E-state index contributed by atoms with van der Waals surface area (Å²) in [5.74, 6) is -0.0778. The van der Waals surface area contributed by atoms with Crippen LogP contribution in [0.1, 0.15) is 4.88 Å². The predicted octanol–water partition coefficient (Wildman–Crippen LogP) is 2.41. The summed E-state index contributed by atoms with van der Waals surface area (Å²) >= 11 is 10.4. The van der Waals surface area contributed by atoms with Gasteiger partial charge in [-0.25, -0.2) is 0 Å². The zero-order valence-electron chi connectivity index (χ0n) is 6.85. The van der Waals surface area contributed by atoms with Crippen molar-refractivity contribution in [3.63, 3.8) is 0 Å². The highest BCUT2D eigenvalue weighted by atomic mass is 79.9. The number of amides is 1. The van der Waals surface area contributed by atoms with Gasteiger partial charge in [0.15, 0.2) is 0 Å². The molecule has 0 spiro atoms.